The van der Waals surface area contributed by atoms with Crippen LogP contribution in [0.25, 0.3) is 0 Å². The predicted molar refractivity (Wildman–Crippen MR) is 128 cm³/mol. The van der Waals surface area contributed by atoms with Crippen molar-refractivity contribution in [3.05, 3.63) is 101 Å². The highest BCUT2D eigenvalue weighted by Gasteiger charge is 2.23. The van der Waals surface area contributed by atoms with Gasteiger partial charge in [0, 0.05) is 49.5 Å². The average Bonchev–Trinajstić information content (AvgIpc) is 2.86. The summed E-state index contributed by atoms with van der Waals surface area (Å²) >= 11 is 0. The molecule has 0 aliphatic carbocycles. The second kappa shape index (κ2) is 10.1. The molecule has 0 bridgehead atoms. The standard InChI is InChI=1S/C27H26N4O2/c1-20-7-12-24(17-25(20)29-26(32)23-5-3-2-4-6-23)27(33)31-15-13-30(14-16-31)19-22-10-8-21(18-28)9-11-22/h2-12,17H,13-16,19H2,1H3,(H,29,32). The van der Waals surface area contributed by atoms with Crippen LogP contribution in [0.3, 0.4) is 0 Å². The molecule has 0 atom stereocenters. The number of nitrogens with zero attached hydrogens (tertiary/aromatic N) is 3. The number of hydrogen-bond donors (Lipinski definition) is 1. The van der Waals surface area contributed by atoms with Gasteiger partial charge in [0.15, 0.2) is 0 Å². The van der Waals surface area contributed by atoms with E-state index in [9.17, 15) is 9.59 Å². The number of carbonyl (C=O) groups excluding carboxylic acids is 2. The molecule has 0 unspecified atom stereocenters. The number of aryl methyl sites for hydroxylation is 1. The van der Waals surface area contributed by atoms with E-state index < -0.39 is 0 Å². The molecule has 6 heteroatoms. The van der Waals surface area contributed by atoms with E-state index in [2.05, 4.69) is 16.3 Å². The van der Waals surface area contributed by atoms with E-state index in [0.29, 0.717) is 35.5 Å². The molecule has 3 aromatic carbocycles. The lowest BCUT2D eigenvalue weighted by atomic mass is 10.1. The first-order valence-electron chi connectivity index (χ1n) is 11.0. The number of amides is 2. The highest BCUT2D eigenvalue weighted by atomic mass is 16.2. The summed E-state index contributed by atoms with van der Waals surface area (Å²) in [5.74, 6) is -0.219. The van der Waals surface area contributed by atoms with Crippen molar-refractivity contribution in [3.63, 3.8) is 0 Å². The first-order valence-corrected chi connectivity index (χ1v) is 11.0. The fourth-order valence-corrected chi connectivity index (χ4v) is 3.91. The molecule has 1 fully saturated rings. The lowest BCUT2D eigenvalue weighted by Crippen LogP contribution is -2.48. The van der Waals surface area contributed by atoms with Crippen molar-refractivity contribution in [2.45, 2.75) is 13.5 Å². The Hall–Kier alpha value is -3.95. The SMILES string of the molecule is Cc1ccc(C(=O)N2CCN(Cc3ccc(C#N)cc3)CC2)cc1NC(=O)c1ccccc1. The topological polar surface area (TPSA) is 76.4 Å². The van der Waals surface area contributed by atoms with E-state index >= 15 is 0 Å². The summed E-state index contributed by atoms with van der Waals surface area (Å²) < 4.78 is 0. The monoisotopic (exact) mass is 438 g/mol. The minimum atomic E-state index is -0.195. The van der Waals surface area contributed by atoms with E-state index in [1.165, 1.54) is 0 Å². The molecule has 6 nitrogen and oxygen atoms in total. The Morgan fingerprint density at radius 1 is 0.909 bits per heavy atom. The minimum absolute atomic E-state index is 0.0248. The highest BCUT2D eigenvalue weighted by Crippen LogP contribution is 2.20. The molecule has 0 aromatic heterocycles. The molecule has 1 saturated heterocycles. The van der Waals surface area contributed by atoms with Gasteiger partial charge in [-0.3, -0.25) is 14.5 Å². The zero-order valence-electron chi connectivity index (χ0n) is 18.6. The van der Waals surface area contributed by atoms with Crippen molar-refractivity contribution in [1.29, 1.82) is 5.26 Å². The Morgan fingerprint density at radius 2 is 1.61 bits per heavy atom. The van der Waals surface area contributed by atoms with E-state index in [-0.39, 0.29) is 11.8 Å². The molecule has 0 spiro atoms. The van der Waals surface area contributed by atoms with Crippen LogP contribution in [-0.2, 0) is 6.54 Å². The van der Waals surface area contributed by atoms with Gasteiger partial charge >= 0.3 is 0 Å². The fraction of sp³-hybridized carbons (Fsp3) is 0.222. The van der Waals surface area contributed by atoms with Crippen LogP contribution in [-0.4, -0.2) is 47.8 Å². The lowest BCUT2D eigenvalue weighted by Gasteiger charge is -2.35. The quantitative estimate of drug-likeness (QED) is 0.651. The van der Waals surface area contributed by atoms with Crippen LogP contribution in [0.1, 0.15) is 37.4 Å². The zero-order chi connectivity index (χ0) is 23.2. The lowest BCUT2D eigenvalue weighted by molar-refractivity contribution is 0.0628. The Balaban J connectivity index is 1.37. The van der Waals surface area contributed by atoms with Gasteiger partial charge in [0.25, 0.3) is 11.8 Å². The number of anilines is 1. The second-order valence-corrected chi connectivity index (χ2v) is 8.23. The zero-order valence-corrected chi connectivity index (χ0v) is 18.6. The molecule has 1 heterocycles. The first-order chi connectivity index (χ1) is 16.0. The van der Waals surface area contributed by atoms with Gasteiger partial charge in [0.1, 0.15) is 0 Å². The smallest absolute Gasteiger partial charge is 0.255 e. The van der Waals surface area contributed by atoms with Crippen molar-refractivity contribution in [2.24, 2.45) is 0 Å². The van der Waals surface area contributed by atoms with E-state index in [1.807, 2.05) is 66.4 Å². The third-order valence-electron chi connectivity index (χ3n) is 5.92. The second-order valence-electron chi connectivity index (χ2n) is 8.23. The van der Waals surface area contributed by atoms with Crippen molar-refractivity contribution in [3.8, 4) is 6.07 Å². The molecule has 3 aromatic rings. The van der Waals surface area contributed by atoms with E-state index in [0.717, 1.165) is 30.8 Å². The Bertz CT molecular complexity index is 1170. The summed E-state index contributed by atoms with van der Waals surface area (Å²) in [5.41, 5.74) is 4.52. The maximum Gasteiger partial charge on any atom is 0.255 e. The summed E-state index contributed by atoms with van der Waals surface area (Å²) in [7, 11) is 0. The van der Waals surface area contributed by atoms with Gasteiger partial charge in [-0.2, -0.15) is 5.26 Å². The molecule has 33 heavy (non-hydrogen) atoms. The van der Waals surface area contributed by atoms with Crippen LogP contribution in [0, 0.1) is 18.3 Å². The Labute approximate surface area is 194 Å². The van der Waals surface area contributed by atoms with Gasteiger partial charge in [-0.25, -0.2) is 0 Å². The van der Waals surface area contributed by atoms with Gasteiger partial charge in [0.05, 0.1) is 11.6 Å². The summed E-state index contributed by atoms with van der Waals surface area (Å²) in [6, 6.07) is 24.3. The molecule has 2 amide bonds. The number of rotatable bonds is 5. The summed E-state index contributed by atoms with van der Waals surface area (Å²) in [5, 5.41) is 11.9. The predicted octanol–water partition coefficient (Wildman–Crippen LogP) is 4.08. The first kappa shape index (κ1) is 22.3. The van der Waals surface area contributed by atoms with Crippen molar-refractivity contribution in [1.82, 2.24) is 9.80 Å². The number of hydrogen-bond acceptors (Lipinski definition) is 4. The minimum Gasteiger partial charge on any atom is -0.336 e. The molecule has 1 aliphatic rings. The van der Waals surface area contributed by atoms with Crippen molar-refractivity contribution >= 4 is 17.5 Å². The maximum absolute atomic E-state index is 13.1. The fourth-order valence-electron chi connectivity index (χ4n) is 3.91. The van der Waals surface area contributed by atoms with Crippen LogP contribution in [0.2, 0.25) is 0 Å². The largest absolute Gasteiger partial charge is 0.336 e. The molecule has 4 rings (SSSR count). The number of benzene rings is 3. The molecule has 1 aliphatic heterocycles. The van der Waals surface area contributed by atoms with Gasteiger partial charge < -0.3 is 10.2 Å². The highest BCUT2D eigenvalue weighted by molar-refractivity contribution is 6.05. The number of piperazine rings is 1. The number of nitriles is 1. The summed E-state index contributed by atoms with van der Waals surface area (Å²) in [6.07, 6.45) is 0. The molecular weight excluding hydrogens is 412 g/mol. The van der Waals surface area contributed by atoms with E-state index in [4.69, 9.17) is 5.26 Å². The molecule has 1 N–H and O–H groups in total. The van der Waals surface area contributed by atoms with Crippen molar-refractivity contribution in [2.75, 3.05) is 31.5 Å². The van der Waals surface area contributed by atoms with Crippen LogP contribution < -0.4 is 5.32 Å². The van der Waals surface area contributed by atoms with Gasteiger partial charge in [-0.1, -0.05) is 36.4 Å². The van der Waals surface area contributed by atoms with Crippen LogP contribution in [0.5, 0.6) is 0 Å². The molecule has 0 saturated carbocycles. The van der Waals surface area contributed by atoms with Gasteiger partial charge in [-0.15, -0.1) is 0 Å². The summed E-state index contributed by atoms with van der Waals surface area (Å²) in [4.78, 5) is 29.8. The van der Waals surface area contributed by atoms with E-state index in [1.54, 1.807) is 18.2 Å². The third-order valence-corrected chi connectivity index (χ3v) is 5.92. The Morgan fingerprint density at radius 3 is 2.27 bits per heavy atom. The molecule has 0 radical (unpaired) electrons. The Kier molecular flexibility index (Phi) is 6.82. The third kappa shape index (κ3) is 5.46. The normalized spacial score (nSPS) is 13.9. The van der Waals surface area contributed by atoms with Gasteiger partial charge in [-0.05, 0) is 54.4 Å². The van der Waals surface area contributed by atoms with Crippen LogP contribution in [0.15, 0.2) is 72.8 Å². The summed E-state index contributed by atoms with van der Waals surface area (Å²) in [6.45, 7) is 5.58. The average molecular weight is 439 g/mol. The van der Waals surface area contributed by atoms with Crippen LogP contribution >= 0.6 is 0 Å². The van der Waals surface area contributed by atoms with Gasteiger partial charge in [0.2, 0.25) is 0 Å². The van der Waals surface area contributed by atoms with Crippen molar-refractivity contribution < 1.29 is 9.59 Å². The number of carbonyl (C=O) groups is 2. The maximum atomic E-state index is 13.1. The number of nitrogens with one attached hydrogen (secondary N) is 1. The van der Waals surface area contributed by atoms with Crippen LogP contribution in [0.4, 0.5) is 5.69 Å². The molecule has 166 valence electrons. The molecular formula is C27H26N4O2.